The van der Waals surface area contributed by atoms with Gasteiger partial charge < -0.3 is 10.6 Å². The molecule has 2 aromatic carbocycles. The van der Waals surface area contributed by atoms with Gasteiger partial charge in [-0.25, -0.2) is 9.07 Å². The van der Waals surface area contributed by atoms with Gasteiger partial charge in [-0.2, -0.15) is 5.10 Å². The molecule has 0 fully saturated rings. The maximum atomic E-state index is 13.3. The standard InChI is InChI=1S/C21H19FN4O2S/c1-12-19(13-6-8-14(22)9-7-13)25-26-17(11-18(27)24-20(12)26)21(28)23-15-4-3-5-16(10-15)29-2/h3-10,17H,11H2,1-2H3,(H,23,28)(H,24,27). The van der Waals surface area contributed by atoms with E-state index in [2.05, 4.69) is 15.7 Å². The van der Waals surface area contributed by atoms with Crippen molar-refractivity contribution in [3.63, 3.8) is 0 Å². The summed E-state index contributed by atoms with van der Waals surface area (Å²) in [5.41, 5.74) is 2.71. The first kappa shape index (κ1) is 19.2. The third kappa shape index (κ3) is 3.75. The van der Waals surface area contributed by atoms with Gasteiger partial charge in [0.25, 0.3) is 0 Å². The predicted molar refractivity (Wildman–Crippen MR) is 111 cm³/mol. The quantitative estimate of drug-likeness (QED) is 0.631. The Morgan fingerprint density at radius 3 is 2.76 bits per heavy atom. The van der Waals surface area contributed by atoms with Gasteiger partial charge in [0.1, 0.15) is 17.7 Å². The molecule has 8 heteroatoms. The highest BCUT2D eigenvalue weighted by Gasteiger charge is 2.34. The Labute approximate surface area is 171 Å². The van der Waals surface area contributed by atoms with E-state index in [1.54, 1.807) is 34.6 Å². The number of nitrogens with one attached hydrogen (secondary N) is 2. The number of hydrogen-bond acceptors (Lipinski definition) is 4. The molecule has 1 unspecified atom stereocenters. The maximum absolute atomic E-state index is 13.3. The first-order chi connectivity index (χ1) is 14.0. The molecule has 0 saturated carbocycles. The molecule has 6 nitrogen and oxygen atoms in total. The largest absolute Gasteiger partial charge is 0.324 e. The van der Waals surface area contributed by atoms with E-state index in [1.807, 2.05) is 31.4 Å². The zero-order chi connectivity index (χ0) is 20.5. The van der Waals surface area contributed by atoms with Crippen molar-refractivity contribution in [3.05, 3.63) is 59.9 Å². The van der Waals surface area contributed by atoms with Crippen LogP contribution in [0.2, 0.25) is 0 Å². The minimum absolute atomic E-state index is 0.00890. The summed E-state index contributed by atoms with van der Waals surface area (Å²) >= 11 is 1.58. The van der Waals surface area contributed by atoms with E-state index in [0.717, 1.165) is 10.5 Å². The van der Waals surface area contributed by atoms with E-state index >= 15 is 0 Å². The Morgan fingerprint density at radius 1 is 1.28 bits per heavy atom. The van der Waals surface area contributed by atoms with Crippen molar-refractivity contribution >= 4 is 35.1 Å². The van der Waals surface area contributed by atoms with Crippen molar-refractivity contribution < 1.29 is 14.0 Å². The Hall–Kier alpha value is -3.13. The second-order valence-electron chi connectivity index (χ2n) is 6.76. The molecule has 3 aromatic rings. The third-order valence-electron chi connectivity index (χ3n) is 4.84. The number of fused-ring (bicyclic) bond motifs is 1. The molecule has 1 aromatic heterocycles. The summed E-state index contributed by atoms with van der Waals surface area (Å²) in [4.78, 5) is 26.2. The second-order valence-corrected chi connectivity index (χ2v) is 7.64. The molecule has 2 amide bonds. The number of halogens is 1. The summed E-state index contributed by atoms with van der Waals surface area (Å²) in [5.74, 6) is -0.413. The van der Waals surface area contributed by atoms with Crippen LogP contribution in [0.3, 0.4) is 0 Å². The topological polar surface area (TPSA) is 76.0 Å². The Morgan fingerprint density at radius 2 is 2.03 bits per heavy atom. The summed E-state index contributed by atoms with van der Waals surface area (Å²) in [7, 11) is 0. The molecular formula is C21H19FN4O2S. The molecule has 29 heavy (non-hydrogen) atoms. The molecule has 0 spiro atoms. The average Bonchev–Trinajstić information content (AvgIpc) is 3.04. The summed E-state index contributed by atoms with van der Waals surface area (Å²) in [6, 6.07) is 12.7. The third-order valence-corrected chi connectivity index (χ3v) is 5.56. The Balaban J connectivity index is 1.68. The van der Waals surface area contributed by atoms with Gasteiger partial charge in [-0.1, -0.05) is 6.07 Å². The predicted octanol–water partition coefficient (Wildman–Crippen LogP) is 4.24. The lowest BCUT2D eigenvalue weighted by molar-refractivity contribution is -0.125. The van der Waals surface area contributed by atoms with Crippen molar-refractivity contribution in [1.82, 2.24) is 9.78 Å². The van der Waals surface area contributed by atoms with E-state index in [9.17, 15) is 14.0 Å². The van der Waals surface area contributed by atoms with E-state index in [0.29, 0.717) is 22.8 Å². The van der Waals surface area contributed by atoms with Crippen LogP contribution in [-0.2, 0) is 9.59 Å². The van der Waals surface area contributed by atoms with Gasteiger partial charge in [-0.15, -0.1) is 11.8 Å². The van der Waals surface area contributed by atoms with Crippen LogP contribution in [0.5, 0.6) is 0 Å². The average molecular weight is 410 g/mol. The van der Waals surface area contributed by atoms with Crippen LogP contribution >= 0.6 is 11.8 Å². The second kappa shape index (κ2) is 7.71. The first-order valence-corrected chi connectivity index (χ1v) is 10.3. The van der Waals surface area contributed by atoms with Crippen molar-refractivity contribution in [2.24, 2.45) is 0 Å². The summed E-state index contributed by atoms with van der Waals surface area (Å²) in [6.45, 7) is 1.82. The van der Waals surface area contributed by atoms with Gasteiger partial charge in [0.05, 0.1) is 12.1 Å². The van der Waals surface area contributed by atoms with Crippen molar-refractivity contribution in [2.75, 3.05) is 16.9 Å². The fourth-order valence-electron chi connectivity index (χ4n) is 3.35. The minimum atomic E-state index is -0.774. The molecular weight excluding hydrogens is 391 g/mol. The summed E-state index contributed by atoms with van der Waals surface area (Å²) < 4.78 is 14.8. The van der Waals surface area contributed by atoms with Gasteiger partial charge >= 0.3 is 0 Å². The zero-order valence-electron chi connectivity index (χ0n) is 15.9. The van der Waals surface area contributed by atoms with Crippen molar-refractivity contribution in [1.29, 1.82) is 0 Å². The van der Waals surface area contributed by atoms with Crippen LogP contribution in [0.1, 0.15) is 18.0 Å². The monoisotopic (exact) mass is 410 g/mol. The highest BCUT2D eigenvalue weighted by molar-refractivity contribution is 7.98. The van der Waals surface area contributed by atoms with Gasteiger partial charge in [0, 0.05) is 21.7 Å². The minimum Gasteiger partial charge on any atom is -0.324 e. The van der Waals surface area contributed by atoms with Crippen LogP contribution < -0.4 is 10.6 Å². The zero-order valence-corrected chi connectivity index (χ0v) is 16.7. The Kier molecular flexibility index (Phi) is 5.10. The number of thioether (sulfide) groups is 1. The normalized spacial score (nSPS) is 15.6. The van der Waals surface area contributed by atoms with Gasteiger partial charge in [-0.05, 0) is 55.6 Å². The number of benzene rings is 2. The first-order valence-electron chi connectivity index (χ1n) is 9.06. The number of amides is 2. The van der Waals surface area contributed by atoms with Crippen molar-refractivity contribution in [2.45, 2.75) is 24.3 Å². The number of aromatic nitrogens is 2. The molecule has 0 saturated heterocycles. The summed E-state index contributed by atoms with van der Waals surface area (Å²) in [5, 5.41) is 10.3. The van der Waals surface area contributed by atoms with Crippen LogP contribution in [-0.4, -0.2) is 27.9 Å². The SMILES string of the molecule is CSc1cccc(NC(=O)C2CC(=O)Nc3c(C)c(-c4ccc(F)cc4)nn32)c1. The maximum Gasteiger partial charge on any atom is 0.249 e. The number of anilines is 2. The fourth-order valence-corrected chi connectivity index (χ4v) is 3.81. The number of carbonyl (C=O) groups is 2. The van der Waals surface area contributed by atoms with Gasteiger partial charge in [0.2, 0.25) is 11.8 Å². The molecule has 1 aliphatic heterocycles. The van der Waals surface area contributed by atoms with Crippen LogP contribution in [0.4, 0.5) is 15.9 Å². The van der Waals surface area contributed by atoms with Crippen LogP contribution in [0.15, 0.2) is 53.4 Å². The molecule has 0 radical (unpaired) electrons. The number of carbonyl (C=O) groups excluding carboxylic acids is 2. The lowest BCUT2D eigenvalue weighted by Gasteiger charge is -2.24. The molecule has 0 bridgehead atoms. The van der Waals surface area contributed by atoms with E-state index in [4.69, 9.17) is 0 Å². The molecule has 1 atom stereocenters. The van der Waals surface area contributed by atoms with Crippen LogP contribution in [0.25, 0.3) is 11.3 Å². The molecule has 0 aliphatic carbocycles. The molecule has 148 valence electrons. The molecule has 4 rings (SSSR count). The Bertz CT molecular complexity index is 1090. The summed E-state index contributed by atoms with van der Waals surface area (Å²) in [6.07, 6.45) is 1.95. The molecule has 2 N–H and O–H groups in total. The smallest absolute Gasteiger partial charge is 0.249 e. The number of nitrogens with zero attached hydrogens (tertiary/aromatic N) is 2. The number of rotatable bonds is 4. The van der Waals surface area contributed by atoms with Gasteiger partial charge in [-0.3, -0.25) is 9.59 Å². The molecule has 1 aliphatic rings. The molecule has 2 heterocycles. The van der Waals surface area contributed by atoms with E-state index < -0.39 is 6.04 Å². The number of hydrogen-bond donors (Lipinski definition) is 2. The van der Waals surface area contributed by atoms with Crippen molar-refractivity contribution in [3.8, 4) is 11.3 Å². The highest BCUT2D eigenvalue weighted by Crippen LogP contribution is 2.34. The lowest BCUT2D eigenvalue weighted by atomic mass is 10.1. The van der Waals surface area contributed by atoms with Gasteiger partial charge in [0.15, 0.2) is 0 Å². The van der Waals surface area contributed by atoms with E-state index in [-0.39, 0.29) is 24.1 Å². The fraction of sp³-hybridized carbons (Fsp3) is 0.190. The highest BCUT2D eigenvalue weighted by atomic mass is 32.2. The van der Waals surface area contributed by atoms with E-state index in [1.165, 1.54) is 12.1 Å². The van der Waals surface area contributed by atoms with Crippen LogP contribution in [0, 0.1) is 12.7 Å². The lowest BCUT2D eigenvalue weighted by Crippen LogP contribution is -2.35.